The molecule has 0 saturated heterocycles. The van der Waals surface area contributed by atoms with Crippen LogP contribution in [0.2, 0.25) is 0 Å². The molecule has 0 atom stereocenters. The van der Waals surface area contributed by atoms with E-state index in [1.807, 2.05) is 44.2 Å². The number of amides is 1. The van der Waals surface area contributed by atoms with Crippen molar-refractivity contribution in [2.24, 2.45) is 0 Å². The molecule has 1 aromatic carbocycles. The first-order chi connectivity index (χ1) is 9.18. The van der Waals surface area contributed by atoms with Crippen molar-refractivity contribution in [3.8, 4) is 0 Å². The van der Waals surface area contributed by atoms with E-state index >= 15 is 0 Å². The van der Waals surface area contributed by atoms with E-state index in [1.54, 1.807) is 0 Å². The Hall–Kier alpha value is -1.55. The summed E-state index contributed by atoms with van der Waals surface area (Å²) in [5, 5.41) is 2.93. The number of ether oxygens (including phenoxy) is 1. The number of benzene rings is 1. The molecule has 0 aliphatic heterocycles. The van der Waals surface area contributed by atoms with Gasteiger partial charge in [-0.15, -0.1) is 0 Å². The van der Waals surface area contributed by atoms with Gasteiger partial charge >= 0.3 is 6.09 Å². The smallest absolute Gasteiger partial charge is 0.407 e. The quantitative estimate of drug-likeness (QED) is 0.813. The number of rotatable bonds is 6. The van der Waals surface area contributed by atoms with E-state index in [1.165, 1.54) is 0 Å². The second-order valence-electron chi connectivity index (χ2n) is 6.83. The average molecular weight is 279 g/mol. The molecule has 112 valence electrons. The summed E-state index contributed by atoms with van der Waals surface area (Å²) in [7, 11) is 6.43. The highest BCUT2D eigenvalue weighted by Gasteiger charge is 2.24. The maximum absolute atomic E-state index is 11.8. The number of hydrogen-bond donors (Lipinski definition) is 1. The van der Waals surface area contributed by atoms with Crippen molar-refractivity contribution in [1.82, 2.24) is 5.32 Å². The molecular formula is C16H27N2O2+. The molecule has 0 saturated carbocycles. The van der Waals surface area contributed by atoms with E-state index in [4.69, 9.17) is 4.74 Å². The van der Waals surface area contributed by atoms with Gasteiger partial charge in [-0.1, -0.05) is 30.3 Å². The third-order valence-corrected chi connectivity index (χ3v) is 3.06. The lowest BCUT2D eigenvalue weighted by atomic mass is 10.0. The summed E-state index contributed by atoms with van der Waals surface area (Å²) in [6, 6.07) is 9.69. The highest BCUT2D eigenvalue weighted by atomic mass is 16.5. The zero-order valence-corrected chi connectivity index (χ0v) is 13.3. The van der Waals surface area contributed by atoms with Crippen molar-refractivity contribution in [3.05, 3.63) is 35.9 Å². The molecule has 20 heavy (non-hydrogen) atoms. The Morgan fingerprint density at radius 1 is 1.20 bits per heavy atom. The lowest BCUT2D eigenvalue weighted by Gasteiger charge is -2.31. The Kier molecular flexibility index (Phi) is 5.57. The van der Waals surface area contributed by atoms with E-state index in [0.717, 1.165) is 23.0 Å². The van der Waals surface area contributed by atoms with Crippen LogP contribution < -0.4 is 5.32 Å². The topological polar surface area (TPSA) is 38.3 Å². The Morgan fingerprint density at radius 3 is 2.35 bits per heavy atom. The molecule has 0 aromatic heterocycles. The highest BCUT2D eigenvalue weighted by Crippen LogP contribution is 2.11. The molecule has 0 aliphatic rings. The van der Waals surface area contributed by atoms with Crippen LogP contribution in [0.4, 0.5) is 4.79 Å². The molecule has 0 unspecified atom stereocenters. The van der Waals surface area contributed by atoms with Gasteiger partial charge in [-0.25, -0.2) is 4.79 Å². The third kappa shape index (κ3) is 7.14. The first-order valence-electron chi connectivity index (χ1n) is 6.97. The van der Waals surface area contributed by atoms with E-state index in [0.29, 0.717) is 6.61 Å². The van der Waals surface area contributed by atoms with Crippen molar-refractivity contribution in [3.63, 3.8) is 0 Å². The van der Waals surface area contributed by atoms with Gasteiger partial charge in [-0.3, -0.25) is 0 Å². The van der Waals surface area contributed by atoms with Crippen LogP contribution in [0.5, 0.6) is 0 Å². The maximum atomic E-state index is 11.8. The first-order valence-corrected chi connectivity index (χ1v) is 6.97. The van der Waals surface area contributed by atoms with E-state index in [-0.39, 0.29) is 11.6 Å². The number of hydrogen-bond acceptors (Lipinski definition) is 2. The lowest BCUT2D eigenvalue weighted by molar-refractivity contribution is -0.870. The van der Waals surface area contributed by atoms with Gasteiger partial charge in [0, 0.05) is 12.0 Å². The predicted octanol–water partition coefficient (Wildman–Crippen LogP) is 2.79. The van der Waals surface area contributed by atoms with Crippen LogP contribution in [0.15, 0.2) is 30.3 Å². The second kappa shape index (κ2) is 6.75. The summed E-state index contributed by atoms with van der Waals surface area (Å²) >= 11 is 0. The molecule has 4 heteroatoms. The molecule has 1 aromatic rings. The van der Waals surface area contributed by atoms with E-state index < -0.39 is 0 Å². The molecule has 1 rings (SSSR count). The molecule has 1 N–H and O–H groups in total. The van der Waals surface area contributed by atoms with Gasteiger partial charge < -0.3 is 14.5 Å². The van der Waals surface area contributed by atoms with Crippen LogP contribution in [0.3, 0.4) is 0 Å². The maximum Gasteiger partial charge on any atom is 0.407 e. The molecule has 0 bridgehead atoms. The van der Waals surface area contributed by atoms with Crippen molar-refractivity contribution >= 4 is 6.09 Å². The largest absolute Gasteiger partial charge is 0.445 e. The number of nitrogens with zero attached hydrogens (tertiary/aromatic N) is 1. The summed E-state index contributed by atoms with van der Waals surface area (Å²) in [6.45, 7) is 5.34. The van der Waals surface area contributed by atoms with Gasteiger partial charge in [0.05, 0.1) is 27.7 Å². The molecule has 0 heterocycles. The Balaban J connectivity index is 2.37. The molecular weight excluding hydrogens is 252 g/mol. The monoisotopic (exact) mass is 279 g/mol. The van der Waals surface area contributed by atoms with Crippen LogP contribution in [-0.2, 0) is 11.3 Å². The molecule has 0 aliphatic carbocycles. The van der Waals surface area contributed by atoms with Crippen molar-refractivity contribution < 1.29 is 14.0 Å². The lowest BCUT2D eigenvalue weighted by Crippen LogP contribution is -2.48. The number of quaternary nitrogens is 1. The Bertz CT molecular complexity index is 422. The minimum Gasteiger partial charge on any atom is -0.445 e. The highest BCUT2D eigenvalue weighted by molar-refractivity contribution is 5.68. The fourth-order valence-electron chi connectivity index (χ4n) is 1.71. The summed E-state index contributed by atoms with van der Waals surface area (Å²) in [5.74, 6) is 0. The molecule has 4 nitrogen and oxygen atoms in total. The van der Waals surface area contributed by atoms with Crippen LogP contribution in [0, 0.1) is 0 Å². The van der Waals surface area contributed by atoms with Gasteiger partial charge in [0.15, 0.2) is 0 Å². The Morgan fingerprint density at radius 2 is 1.80 bits per heavy atom. The zero-order valence-electron chi connectivity index (χ0n) is 13.3. The molecule has 0 fully saturated rings. The summed E-state index contributed by atoms with van der Waals surface area (Å²) in [5.41, 5.74) is 0.728. The van der Waals surface area contributed by atoms with Crippen LogP contribution >= 0.6 is 0 Å². The fraction of sp³-hybridized carbons (Fsp3) is 0.562. The second-order valence-corrected chi connectivity index (χ2v) is 6.83. The van der Waals surface area contributed by atoms with Gasteiger partial charge in [0.25, 0.3) is 0 Å². The standard InChI is InChI=1S/C16H26N2O2/c1-16(2,11-12-18(3,4)5)17-15(19)20-13-14-9-7-6-8-10-14/h6-10H,11-13H2,1-5H3/p+1. The van der Waals surface area contributed by atoms with Crippen LogP contribution in [0.1, 0.15) is 25.8 Å². The molecule has 1 amide bonds. The van der Waals surface area contributed by atoms with Crippen molar-refractivity contribution in [1.29, 1.82) is 0 Å². The summed E-state index contributed by atoms with van der Waals surface area (Å²) in [6.07, 6.45) is 0.539. The summed E-state index contributed by atoms with van der Waals surface area (Å²) < 4.78 is 6.12. The minimum atomic E-state index is -0.361. The number of alkyl carbamates (subject to hydrolysis) is 1. The Labute approximate surface area is 122 Å². The first kappa shape index (κ1) is 16.5. The van der Waals surface area contributed by atoms with Gasteiger partial charge in [-0.2, -0.15) is 0 Å². The van der Waals surface area contributed by atoms with E-state index in [9.17, 15) is 4.79 Å². The number of carbonyl (C=O) groups is 1. The third-order valence-electron chi connectivity index (χ3n) is 3.06. The SMILES string of the molecule is CC(C)(CC[N+](C)(C)C)NC(=O)OCc1ccccc1. The predicted molar refractivity (Wildman–Crippen MR) is 81.4 cm³/mol. The van der Waals surface area contributed by atoms with E-state index in [2.05, 4.69) is 26.5 Å². The summed E-state index contributed by atoms with van der Waals surface area (Å²) in [4.78, 5) is 11.8. The minimum absolute atomic E-state index is 0.265. The van der Waals surface area contributed by atoms with Crippen LogP contribution in [-0.4, -0.2) is 43.8 Å². The number of nitrogens with one attached hydrogen (secondary N) is 1. The van der Waals surface area contributed by atoms with Crippen molar-refractivity contribution in [2.75, 3.05) is 27.7 Å². The zero-order chi connectivity index (χ0) is 15.2. The average Bonchev–Trinajstić information content (AvgIpc) is 2.34. The molecule has 0 spiro atoms. The van der Waals surface area contributed by atoms with Gasteiger partial charge in [0.2, 0.25) is 0 Å². The van der Waals surface area contributed by atoms with Crippen molar-refractivity contribution in [2.45, 2.75) is 32.4 Å². The fourth-order valence-corrected chi connectivity index (χ4v) is 1.71. The van der Waals surface area contributed by atoms with Crippen LogP contribution in [0.25, 0.3) is 0 Å². The molecule has 0 radical (unpaired) electrons. The van der Waals surface area contributed by atoms with Gasteiger partial charge in [0.1, 0.15) is 6.61 Å². The number of carbonyl (C=O) groups excluding carboxylic acids is 1. The van der Waals surface area contributed by atoms with Gasteiger partial charge in [-0.05, 0) is 19.4 Å². The normalized spacial score (nSPS) is 12.1.